The molecule has 27 heavy (non-hydrogen) atoms. The first kappa shape index (κ1) is 18.8. The van der Waals surface area contributed by atoms with Crippen molar-refractivity contribution in [3.8, 4) is 0 Å². The van der Waals surface area contributed by atoms with Gasteiger partial charge in [-0.1, -0.05) is 65.7 Å². The fourth-order valence-corrected chi connectivity index (χ4v) is 5.71. The van der Waals surface area contributed by atoms with Crippen molar-refractivity contribution in [3.63, 3.8) is 0 Å². The van der Waals surface area contributed by atoms with Gasteiger partial charge in [0.1, 0.15) is 5.76 Å². The summed E-state index contributed by atoms with van der Waals surface area (Å²) in [6.07, 6.45) is 11.8. The lowest BCUT2D eigenvalue weighted by atomic mass is 9.60. The van der Waals surface area contributed by atoms with Crippen LogP contribution in [0.25, 0.3) is 0 Å². The van der Waals surface area contributed by atoms with Crippen LogP contribution in [-0.4, -0.2) is 0 Å². The van der Waals surface area contributed by atoms with E-state index < -0.39 is 0 Å². The van der Waals surface area contributed by atoms with E-state index in [0.29, 0.717) is 0 Å². The third-order valence-electron chi connectivity index (χ3n) is 7.63. The molecule has 0 bridgehead atoms. The average molecular weight is 365 g/mol. The van der Waals surface area contributed by atoms with E-state index in [2.05, 4.69) is 58.9 Å². The van der Waals surface area contributed by atoms with Crippen LogP contribution < -0.4 is 0 Å². The standard InChI is InChI=1S/C26H36O/c1-6-7-13-26(14-8-9-23-21(26)12-17-27-23)19-10-11-20-22(18-19)25(4,5)16-15-24(20,2)3/h10-12,17-18H,6-9,13-16H2,1-5H3. The molecule has 0 spiro atoms. The Morgan fingerprint density at radius 1 is 0.889 bits per heavy atom. The summed E-state index contributed by atoms with van der Waals surface area (Å²) >= 11 is 0. The first-order chi connectivity index (χ1) is 12.8. The number of aryl methyl sites for hydroxylation is 1. The van der Waals surface area contributed by atoms with E-state index in [1.165, 1.54) is 61.8 Å². The highest BCUT2D eigenvalue weighted by atomic mass is 16.3. The summed E-state index contributed by atoms with van der Waals surface area (Å²) in [6, 6.07) is 9.78. The van der Waals surface area contributed by atoms with Crippen LogP contribution >= 0.6 is 0 Å². The zero-order valence-corrected chi connectivity index (χ0v) is 18.0. The van der Waals surface area contributed by atoms with Crippen LogP contribution in [0.15, 0.2) is 34.9 Å². The predicted molar refractivity (Wildman–Crippen MR) is 114 cm³/mol. The van der Waals surface area contributed by atoms with Crippen molar-refractivity contribution in [1.82, 2.24) is 0 Å². The van der Waals surface area contributed by atoms with Gasteiger partial charge < -0.3 is 4.42 Å². The molecule has 1 unspecified atom stereocenters. The SMILES string of the molecule is CCCCC1(c2ccc3c(c2)C(C)(C)CCC3(C)C)CCCc2occc21. The number of benzene rings is 1. The van der Waals surface area contributed by atoms with E-state index in [1.807, 2.05) is 6.26 Å². The molecule has 0 saturated carbocycles. The lowest BCUT2D eigenvalue weighted by Gasteiger charge is -2.44. The van der Waals surface area contributed by atoms with Gasteiger partial charge in [0, 0.05) is 17.4 Å². The molecule has 1 nitrogen and oxygen atoms in total. The van der Waals surface area contributed by atoms with Crippen LogP contribution in [0.4, 0.5) is 0 Å². The summed E-state index contributed by atoms with van der Waals surface area (Å²) in [4.78, 5) is 0. The second kappa shape index (κ2) is 6.54. The number of furan rings is 1. The highest BCUT2D eigenvalue weighted by molar-refractivity contribution is 5.50. The quantitative estimate of drug-likeness (QED) is 0.549. The zero-order chi connectivity index (χ0) is 19.3. The average Bonchev–Trinajstić information content (AvgIpc) is 3.13. The Labute approximate surface area is 165 Å². The number of hydrogen-bond acceptors (Lipinski definition) is 1. The summed E-state index contributed by atoms with van der Waals surface area (Å²) in [6.45, 7) is 12.0. The van der Waals surface area contributed by atoms with Crippen molar-refractivity contribution < 1.29 is 4.42 Å². The second-order valence-corrected chi connectivity index (χ2v) is 10.3. The molecular formula is C26H36O. The van der Waals surface area contributed by atoms with Crippen LogP contribution in [0.3, 0.4) is 0 Å². The maximum atomic E-state index is 5.90. The summed E-state index contributed by atoms with van der Waals surface area (Å²) < 4.78 is 5.90. The highest BCUT2D eigenvalue weighted by Gasteiger charge is 2.42. The van der Waals surface area contributed by atoms with Gasteiger partial charge in [-0.05, 0) is 65.7 Å². The monoisotopic (exact) mass is 364 g/mol. The molecule has 0 saturated heterocycles. The lowest BCUT2D eigenvalue weighted by Crippen LogP contribution is -2.36. The first-order valence-corrected chi connectivity index (χ1v) is 11.0. The van der Waals surface area contributed by atoms with Crippen LogP contribution in [-0.2, 0) is 22.7 Å². The first-order valence-electron chi connectivity index (χ1n) is 11.0. The fourth-order valence-electron chi connectivity index (χ4n) is 5.71. The third kappa shape index (κ3) is 2.98. The molecule has 146 valence electrons. The molecule has 0 radical (unpaired) electrons. The normalized spacial score (nSPS) is 25.7. The molecule has 2 aromatic rings. The van der Waals surface area contributed by atoms with Gasteiger partial charge in [-0.3, -0.25) is 0 Å². The van der Waals surface area contributed by atoms with Crippen molar-refractivity contribution in [1.29, 1.82) is 0 Å². The van der Waals surface area contributed by atoms with Crippen molar-refractivity contribution >= 4 is 0 Å². The molecule has 0 N–H and O–H groups in total. The highest BCUT2D eigenvalue weighted by Crippen LogP contribution is 2.51. The van der Waals surface area contributed by atoms with Gasteiger partial charge >= 0.3 is 0 Å². The molecule has 1 aromatic carbocycles. The van der Waals surface area contributed by atoms with E-state index in [-0.39, 0.29) is 16.2 Å². The molecule has 1 atom stereocenters. The topological polar surface area (TPSA) is 13.1 Å². The van der Waals surface area contributed by atoms with Gasteiger partial charge in [0.25, 0.3) is 0 Å². The maximum Gasteiger partial charge on any atom is 0.107 e. The molecule has 2 aliphatic rings. The number of rotatable bonds is 4. The third-order valence-corrected chi connectivity index (χ3v) is 7.63. The second-order valence-electron chi connectivity index (χ2n) is 10.3. The molecule has 2 aliphatic carbocycles. The summed E-state index contributed by atoms with van der Waals surface area (Å²) in [5.74, 6) is 1.23. The Kier molecular flexibility index (Phi) is 4.56. The van der Waals surface area contributed by atoms with Crippen molar-refractivity contribution in [2.75, 3.05) is 0 Å². The summed E-state index contributed by atoms with van der Waals surface area (Å²) in [7, 11) is 0. The molecule has 4 rings (SSSR count). The van der Waals surface area contributed by atoms with Crippen molar-refractivity contribution in [2.45, 2.75) is 102 Å². The number of hydrogen-bond donors (Lipinski definition) is 0. The zero-order valence-electron chi connectivity index (χ0n) is 18.0. The lowest BCUT2D eigenvalue weighted by molar-refractivity contribution is 0.327. The maximum absolute atomic E-state index is 5.90. The Morgan fingerprint density at radius 3 is 2.37 bits per heavy atom. The van der Waals surface area contributed by atoms with E-state index >= 15 is 0 Å². The van der Waals surface area contributed by atoms with E-state index in [4.69, 9.17) is 4.42 Å². The molecule has 1 heterocycles. The van der Waals surface area contributed by atoms with Crippen LogP contribution in [0.5, 0.6) is 0 Å². The Balaban J connectivity index is 1.89. The Hall–Kier alpha value is -1.50. The minimum Gasteiger partial charge on any atom is -0.469 e. The molecular weight excluding hydrogens is 328 g/mol. The minimum absolute atomic E-state index is 0.142. The van der Waals surface area contributed by atoms with Gasteiger partial charge in [0.15, 0.2) is 0 Å². The largest absolute Gasteiger partial charge is 0.469 e. The fraction of sp³-hybridized carbons (Fsp3) is 0.615. The van der Waals surface area contributed by atoms with Crippen LogP contribution in [0, 0.1) is 0 Å². The van der Waals surface area contributed by atoms with Crippen LogP contribution in [0.1, 0.15) is 108 Å². The summed E-state index contributed by atoms with van der Waals surface area (Å²) in [5.41, 5.74) is 6.84. The predicted octanol–water partition coefficient (Wildman–Crippen LogP) is 7.44. The summed E-state index contributed by atoms with van der Waals surface area (Å²) in [5, 5.41) is 0. The van der Waals surface area contributed by atoms with Gasteiger partial charge in [-0.2, -0.15) is 0 Å². The van der Waals surface area contributed by atoms with Gasteiger partial charge in [0.05, 0.1) is 6.26 Å². The molecule has 0 amide bonds. The van der Waals surface area contributed by atoms with Crippen molar-refractivity contribution in [3.05, 3.63) is 58.5 Å². The molecule has 0 fully saturated rings. The van der Waals surface area contributed by atoms with Crippen molar-refractivity contribution in [2.24, 2.45) is 0 Å². The Bertz CT molecular complexity index is 822. The van der Waals surface area contributed by atoms with Crippen LogP contribution in [0.2, 0.25) is 0 Å². The molecule has 1 heteroatoms. The van der Waals surface area contributed by atoms with Gasteiger partial charge in [-0.15, -0.1) is 0 Å². The number of unbranched alkanes of at least 4 members (excludes halogenated alkanes) is 1. The molecule has 0 aliphatic heterocycles. The van der Waals surface area contributed by atoms with Gasteiger partial charge in [0.2, 0.25) is 0 Å². The van der Waals surface area contributed by atoms with E-state index in [9.17, 15) is 0 Å². The number of fused-ring (bicyclic) bond motifs is 2. The Morgan fingerprint density at radius 2 is 1.63 bits per heavy atom. The molecule has 1 aromatic heterocycles. The smallest absolute Gasteiger partial charge is 0.107 e. The van der Waals surface area contributed by atoms with E-state index in [0.717, 1.165) is 6.42 Å². The van der Waals surface area contributed by atoms with E-state index in [1.54, 1.807) is 11.1 Å². The minimum atomic E-state index is 0.142. The van der Waals surface area contributed by atoms with Gasteiger partial charge in [-0.25, -0.2) is 0 Å².